The largest absolute Gasteiger partial charge is 0.385 e. The lowest BCUT2D eigenvalue weighted by atomic mass is 9.86. The Morgan fingerprint density at radius 2 is 1.92 bits per heavy atom. The van der Waals surface area contributed by atoms with Crippen LogP contribution >= 0.6 is 0 Å². The third kappa shape index (κ3) is 4.04. The molecule has 2 N–H and O–H groups in total. The molecule has 0 heterocycles. The van der Waals surface area contributed by atoms with E-state index in [0.717, 1.165) is 13.0 Å². The molecule has 3 heteroatoms. The molecule has 0 fully saturated rings. The van der Waals surface area contributed by atoms with Gasteiger partial charge < -0.3 is 15.2 Å². The minimum atomic E-state index is -0.243. The maximum Gasteiger partial charge on any atom is 0.0642 e. The molecule has 0 aromatic heterocycles. The van der Waals surface area contributed by atoms with Crippen LogP contribution in [0.1, 0.15) is 20.3 Å². The molecule has 0 aliphatic rings. The van der Waals surface area contributed by atoms with Gasteiger partial charge in [0.25, 0.3) is 0 Å². The number of rotatable bonds is 6. The van der Waals surface area contributed by atoms with Crippen molar-refractivity contribution in [2.24, 2.45) is 11.7 Å². The molecule has 2 unspecified atom stereocenters. The van der Waals surface area contributed by atoms with Gasteiger partial charge in [0, 0.05) is 26.4 Å². The minimum absolute atomic E-state index is 0.243. The molecular formula is C9H21NO2. The first kappa shape index (κ1) is 11.9. The van der Waals surface area contributed by atoms with E-state index in [1.165, 1.54) is 0 Å². The van der Waals surface area contributed by atoms with Gasteiger partial charge in [-0.1, -0.05) is 6.92 Å². The van der Waals surface area contributed by atoms with E-state index < -0.39 is 0 Å². The third-order valence-corrected chi connectivity index (χ3v) is 2.34. The van der Waals surface area contributed by atoms with E-state index in [4.69, 9.17) is 15.2 Å². The second-order valence-corrected chi connectivity index (χ2v) is 3.62. The second-order valence-electron chi connectivity index (χ2n) is 3.62. The highest BCUT2D eigenvalue weighted by Crippen LogP contribution is 2.17. The van der Waals surface area contributed by atoms with E-state index in [1.807, 2.05) is 6.92 Å². The molecule has 0 radical (unpaired) electrons. The van der Waals surface area contributed by atoms with Gasteiger partial charge in [0.1, 0.15) is 0 Å². The quantitative estimate of drug-likeness (QED) is 0.655. The Bertz CT molecular complexity index is 115. The van der Waals surface area contributed by atoms with Crippen molar-refractivity contribution >= 4 is 0 Å². The van der Waals surface area contributed by atoms with Gasteiger partial charge in [-0.15, -0.1) is 0 Å². The van der Waals surface area contributed by atoms with Crippen LogP contribution in [0.15, 0.2) is 0 Å². The molecule has 0 bridgehead atoms. The SMILES string of the molecule is COCCC(C)C(C)(N)COC. The van der Waals surface area contributed by atoms with Crippen molar-refractivity contribution in [3.05, 3.63) is 0 Å². The number of methoxy groups -OCH3 is 2. The Balaban J connectivity index is 3.79. The zero-order valence-electron chi connectivity index (χ0n) is 8.59. The Kier molecular flexibility index (Phi) is 5.46. The molecule has 0 amide bonds. The van der Waals surface area contributed by atoms with Gasteiger partial charge in [-0.3, -0.25) is 0 Å². The average molecular weight is 175 g/mol. The monoisotopic (exact) mass is 175 g/mol. The van der Waals surface area contributed by atoms with Crippen LogP contribution in [0.2, 0.25) is 0 Å². The van der Waals surface area contributed by atoms with E-state index in [1.54, 1.807) is 14.2 Å². The predicted octanol–water partition coefficient (Wildman–Crippen LogP) is 1.02. The highest BCUT2D eigenvalue weighted by atomic mass is 16.5. The normalized spacial score (nSPS) is 18.8. The number of nitrogens with two attached hydrogens (primary N) is 1. The van der Waals surface area contributed by atoms with Crippen molar-refractivity contribution in [1.29, 1.82) is 0 Å². The Hall–Kier alpha value is -0.120. The van der Waals surface area contributed by atoms with E-state index in [2.05, 4.69) is 6.92 Å². The van der Waals surface area contributed by atoms with E-state index in [9.17, 15) is 0 Å². The van der Waals surface area contributed by atoms with Crippen molar-refractivity contribution < 1.29 is 9.47 Å². The number of hydrogen-bond donors (Lipinski definition) is 1. The summed E-state index contributed by atoms with van der Waals surface area (Å²) in [6.45, 7) is 5.49. The van der Waals surface area contributed by atoms with Gasteiger partial charge in [0.05, 0.1) is 6.61 Å². The lowest BCUT2D eigenvalue weighted by molar-refractivity contribution is 0.0920. The van der Waals surface area contributed by atoms with Crippen molar-refractivity contribution in [2.75, 3.05) is 27.4 Å². The standard InChI is InChI=1S/C9H21NO2/c1-8(5-6-11-3)9(2,10)7-12-4/h8H,5-7,10H2,1-4H3. The van der Waals surface area contributed by atoms with Crippen LogP contribution < -0.4 is 5.73 Å². The van der Waals surface area contributed by atoms with Gasteiger partial charge in [0.15, 0.2) is 0 Å². The van der Waals surface area contributed by atoms with E-state index >= 15 is 0 Å². The fourth-order valence-electron chi connectivity index (χ4n) is 1.08. The summed E-state index contributed by atoms with van der Waals surface area (Å²) in [5.41, 5.74) is 5.79. The lowest BCUT2D eigenvalue weighted by Crippen LogP contribution is -2.47. The molecule has 74 valence electrons. The van der Waals surface area contributed by atoms with Crippen molar-refractivity contribution in [3.8, 4) is 0 Å². The third-order valence-electron chi connectivity index (χ3n) is 2.34. The van der Waals surface area contributed by atoms with E-state index in [0.29, 0.717) is 12.5 Å². The average Bonchev–Trinajstić information content (AvgIpc) is 2.00. The molecule has 12 heavy (non-hydrogen) atoms. The molecule has 3 nitrogen and oxygen atoms in total. The molecule has 2 atom stereocenters. The van der Waals surface area contributed by atoms with Gasteiger partial charge in [-0.25, -0.2) is 0 Å². The maximum absolute atomic E-state index is 6.03. The van der Waals surface area contributed by atoms with Gasteiger partial charge in [-0.2, -0.15) is 0 Å². The fraction of sp³-hybridized carbons (Fsp3) is 1.00. The van der Waals surface area contributed by atoms with Crippen LogP contribution in [0.5, 0.6) is 0 Å². The van der Waals surface area contributed by atoms with Crippen molar-refractivity contribution in [1.82, 2.24) is 0 Å². The van der Waals surface area contributed by atoms with Crippen molar-refractivity contribution in [3.63, 3.8) is 0 Å². The summed E-state index contributed by atoms with van der Waals surface area (Å²) in [7, 11) is 3.38. The van der Waals surface area contributed by atoms with Gasteiger partial charge in [-0.05, 0) is 19.3 Å². The summed E-state index contributed by atoms with van der Waals surface area (Å²) in [5.74, 6) is 0.414. The highest BCUT2D eigenvalue weighted by Gasteiger charge is 2.25. The first-order chi connectivity index (χ1) is 5.54. The second kappa shape index (κ2) is 5.51. The summed E-state index contributed by atoms with van der Waals surface area (Å²) < 4.78 is 10.0. The van der Waals surface area contributed by atoms with Crippen LogP contribution in [0.25, 0.3) is 0 Å². The Morgan fingerprint density at radius 3 is 2.33 bits per heavy atom. The first-order valence-electron chi connectivity index (χ1n) is 4.31. The molecule has 0 aromatic rings. The van der Waals surface area contributed by atoms with Crippen LogP contribution in [0.3, 0.4) is 0 Å². The summed E-state index contributed by atoms with van der Waals surface area (Å²) in [6.07, 6.45) is 0.979. The van der Waals surface area contributed by atoms with Crippen LogP contribution in [-0.4, -0.2) is 33.0 Å². The maximum atomic E-state index is 6.03. The minimum Gasteiger partial charge on any atom is -0.385 e. The summed E-state index contributed by atoms with van der Waals surface area (Å²) in [6, 6.07) is 0. The summed E-state index contributed by atoms with van der Waals surface area (Å²) >= 11 is 0. The van der Waals surface area contributed by atoms with Crippen LogP contribution in [-0.2, 0) is 9.47 Å². The Labute approximate surface area is 75.2 Å². The fourth-order valence-corrected chi connectivity index (χ4v) is 1.08. The Morgan fingerprint density at radius 1 is 1.33 bits per heavy atom. The summed E-state index contributed by atoms with van der Waals surface area (Å²) in [4.78, 5) is 0. The number of ether oxygens (including phenoxy) is 2. The molecule has 0 saturated heterocycles. The summed E-state index contributed by atoms with van der Waals surface area (Å²) in [5, 5.41) is 0. The topological polar surface area (TPSA) is 44.5 Å². The molecule has 0 aromatic carbocycles. The predicted molar refractivity (Wildman–Crippen MR) is 50.1 cm³/mol. The zero-order chi connectivity index (χ0) is 9.61. The van der Waals surface area contributed by atoms with Gasteiger partial charge in [0.2, 0.25) is 0 Å². The van der Waals surface area contributed by atoms with Crippen LogP contribution in [0.4, 0.5) is 0 Å². The first-order valence-corrected chi connectivity index (χ1v) is 4.31. The van der Waals surface area contributed by atoms with Crippen LogP contribution in [0, 0.1) is 5.92 Å². The van der Waals surface area contributed by atoms with E-state index in [-0.39, 0.29) is 5.54 Å². The molecule has 0 spiro atoms. The molecule has 0 aliphatic heterocycles. The number of hydrogen-bond acceptors (Lipinski definition) is 3. The zero-order valence-corrected chi connectivity index (χ0v) is 8.59. The van der Waals surface area contributed by atoms with Gasteiger partial charge >= 0.3 is 0 Å². The molecule has 0 rings (SSSR count). The van der Waals surface area contributed by atoms with Crippen molar-refractivity contribution in [2.45, 2.75) is 25.8 Å². The lowest BCUT2D eigenvalue weighted by Gasteiger charge is -2.30. The molecule has 0 aliphatic carbocycles. The molecular weight excluding hydrogens is 154 g/mol. The smallest absolute Gasteiger partial charge is 0.0642 e. The molecule has 0 saturated carbocycles. The highest BCUT2D eigenvalue weighted by molar-refractivity contribution is 4.83.